The van der Waals surface area contributed by atoms with Crippen LogP contribution in [0.1, 0.15) is 32.9 Å². The summed E-state index contributed by atoms with van der Waals surface area (Å²) in [5.74, 6) is -0.324. The molecule has 1 aliphatic heterocycles. The third-order valence-corrected chi connectivity index (χ3v) is 4.01. The Morgan fingerprint density at radius 1 is 1.29 bits per heavy atom. The molecule has 1 aliphatic rings. The number of carboxylic acid groups (broad SMARTS) is 1. The monoisotopic (exact) mass is 330 g/mol. The van der Waals surface area contributed by atoms with Crippen LogP contribution in [-0.4, -0.2) is 39.2 Å². The van der Waals surface area contributed by atoms with Crippen LogP contribution in [0.15, 0.2) is 18.5 Å². The van der Waals surface area contributed by atoms with E-state index in [0.29, 0.717) is 22.3 Å². The Balaban J connectivity index is 2.23. The molecule has 0 saturated carbocycles. The van der Waals surface area contributed by atoms with Gasteiger partial charge in [0.1, 0.15) is 0 Å². The molecule has 126 valence electrons. The first-order valence-electron chi connectivity index (χ1n) is 7.54. The van der Waals surface area contributed by atoms with Crippen molar-refractivity contribution in [3.8, 4) is 0 Å². The molecule has 2 aromatic heterocycles. The molecule has 0 radical (unpaired) electrons. The number of fused-ring (bicyclic) bond motifs is 1. The number of aromatic nitrogens is 2. The van der Waals surface area contributed by atoms with Crippen LogP contribution in [-0.2, 0) is 10.2 Å². The highest BCUT2D eigenvalue weighted by Gasteiger charge is 2.29. The first kappa shape index (κ1) is 16.0. The van der Waals surface area contributed by atoms with Gasteiger partial charge in [0, 0.05) is 29.5 Å². The van der Waals surface area contributed by atoms with Gasteiger partial charge in [0.05, 0.1) is 23.6 Å². The third-order valence-electron chi connectivity index (χ3n) is 4.01. The standard InChI is InChI=1S/C16H18N4O4/c1-16(2,3)12-6-9-10(19-5-4-13(21)18-14(19)22)7-17-8-11(9)20(12)15(23)24/h6-8H,4-5H2,1-3H3,(H,23,24)(H,18,21,22). The van der Waals surface area contributed by atoms with E-state index in [9.17, 15) is 19.5 Å². The number of pyridine rings is 1. The second kappa shape index (κ2) is 5.33. The minimum atomic E-state index is -1.10. The molecule has 0 atom stereocenters. The van der Waals surface area contributed by atoms with Crippen molar-refractivity contribution in [1.29, 1.82) is 0 Å². The van der Waals surface area contributed by atoms with Gasteiger partial charge in [0.25, 0.3) is 0 Å². The van der Waals surface area contributed by atoms with Crippen LogP contribution < -0.4 is 10.2 Å². The normalized spacial score (nSPS) is 15.7. The molecule has 0 unspecified atom stereocenters. The molecule has 0 spiro atoms. The Kier molecular flexibility index (Phi) is 3.55. The second-order valence-corrected chi connectivity index (χ2v) is 6.74. The van der Waals surface area contributed by atoms with Crippen LogP contribution in [0, 0.1) is 0 Å². The van der Waals surface area contributed by atoms with E-state index < -0.39 is 17.5 Å². The number of nitrogens with one attached hydrogen (secondary N) is 1. The van der Waals surface area contributed by atoms with Gasteiger partial charge in [0.15, 0.2) is 0 Å². The van der Waals surface area contributed by atoms with Crippen molar-refractivity contribution < 1.29 is 19.5 Å². The lowest BCUT2D eigenvalue weighted by Gasteiger charge is -2.26. The topological polar surface area (TPSA) is 105 Å². The van der Waals surface area contributed by atoms with E-state index in [-0.39, 0.29) is 18.9 Å². The highest BCUT2D eigenvalue weighted by atomic mass is 16.4. The van der Waals surface area contributed by atoms with Crippen molar-refractivity contribution in [3.63, 3.8) is 0 Å². The molecule has 1 saturated heterocycles. The van der Waals surface area contributed by atoms with Crippen LogP contribution >= 0.6 is 0 Å². The van der Waals surface area contributed by atoms with Crippen molar-refractivity contribution in [2.45, 2.75) is 32.6 Å². The van der Waals surface area contributed by atoms with Crippen LogP contribution in [0.5, 0.6) is 0 Å². The molecular formula is C16H18N4O4. The number of anilines is 1. The second-order valence-electron chi connectivity index (χ2n) is 6.74. The van der Waals surface area contributed by atoms with Gasteiger partial charge in [-0.05, 0) is 6.07 Å². The largest absolute Gasteiger partial charge is 0.464 e. The fraction of sp³-hybridized carbons (Fsp3) is 0.375. The van der Waals surface area contributed by atoms with Gasteiger partial charge in [0.2, 0.25) is 5.91 Å². The summed E-state index contributed by atoms with van der Waals surface area (Å²) >= 11 is 0. The number of rotatable bonds is 1. The summed E-state index contributed by atoms with van der Waals surface area (Å²) < 4.78 is 1.19. The Morgan fingerprint density at radius 3 is 2.58 bits per heavy atom. The predicted octanol–water partition coefficient (Wildman–Crippen LogP) is 2.31. The van der Waals surface area contributed by atoms with E-state index in [2.05, 4.69) is 10.3 Å². The summed E-state index contributed by atoms with van der Waals surface area (Å²) in [5, 5.41) is 12.5. The highest BCUT2D eigenvalue weighted by molar-refractivity contribution is 6.10. The van der Waals surface area contributed by atoms with Crippen LogP contribution in [0.2, 0.25) is 0 Å². The molecule has 2 N–H and O–H groups in total. The van der Waals surface area contributed by atoms with Crippen molar-refractivity contribution in [1.82, 2.24) is 14.9 Å². The first-order chi connectivity index (χ1) is 11.2. The number of hydrogen-bond donors (Lipinski definition) is 2. The maximum absolute atomic E-state index is 12.1. The van der Waals surface area contributed by atoms with E-state index in [1.54, 1.807) is 6.07 Å². The molecule has 3 rings (SSSR count). The molecule has 24 heavy (non-hydrogen) atoms. The third kappa shape index (κ3) is 2.49. The molecule has 0 bridgehead atoms. The molecule has 3 amide bonds. The van der Waals surface area contributed by atoms with E-state index in [0.717, 1.165) is 0 Å². The quantitative estimate of drug-likeness (QED) is 0.835. The van der Waals surface area contributed by atoms with Crippen molar-refractivity contribution in [2.24, 2.45) is 0 Å². The zero-order valence-electron chi connectivity index (χ0n) is 13.7. The fourth-order valence-corrected chi connectivity index (χ4v) is 2.87. The number of nitrogens with zero attached hydrogens (tertiary/aromatic N) is 3. The average molecular weight is 330 g/mol. The van der Waals surface area contributed by atoms with Gasteiger partial charge in [-0.15, -0.1) is 0 Å². The average Bonchev–Trinajstić information content (AvgIpc) is 2.87. The molecule has 0 aliphatic carbocycles. The lowest BCUT2D eigenvalue weighted by molar-refractivity contribution is -0.120. The van der Waals surface area contributed by atoms with Gasteiger partial charge in [-0.25, -0.2) is 14.2 Å². The molecule has 0 aromatic carbocycles. The number of imide groups is 1. The number of hydrogen-bond acceptors (Lipinski definition) is 4. The van der Waals surface area contributed by atoms with Crippen molar-refractivity contribution in [3.05, 3.63) is 24.2 Å². The summed E-state index contributed by atoms with van der Waals surface area (Å²) in [6, 6.07) is 1.24. The SMILES string of the molecule is CC(C)(C)c1cc2c(N3CCC(=O)NC3=O)cncc2n1C(=O)O. The Morgan fingerprint density at radius 2 is 2.00 bits per heavy atom. The smallest absolute Gasteiger partial charge is 0.416 e. The number of amides is 3. The van der Waals surface area contributed by atoms with Crippen molar-refractivity contribution in [2.75, 3.05) is 11.4 Å². The van der Waals surface area contributed by atoms with E-state index in [1.165, 1.54) is 21.9 Å². The first-order valence-corrected chi connectivity index (χ1v) is 7.54. The van der Waals surface area contributed by atoms with E-state index >= 15 is 0 Å². The minimum absolute atomic E-state index is 0.188. The van der Waals surface area contributed by atoms with Gasteiger partial charge < -0.3 is 5.11 Å². The van der Waals surface area contributed by atoms with Crippen LogP contribution in [0.4, 0.5) is 15.3 Å². The highest BCUT2D eigenvalue weighted by Crippen LogP contribution is 2.34. The molecule has 8 nitrogen and oxygen atoms in total. The Bertz CT molecular complexity index is 863. The van der Waals surface area contributed by atoms with E-state index in [4.69, 9.17) is 0 Å². The fourth-order valence-electron chi connectivity index (χ4n) is 2.87. The van der Waals surface area contributed by atoms with Crippen LogP contribution in [0.3, 0.4) is 0 Å². The Hall–Kier alpha value is -2.90. The maximum Gasteiger partial charge on any atom is 0.416 e. The zero-order valence-corrected chi connectivity index (χ0v) is 13.7. The molecule has 8 heteroatoms. The Labute approximate surface area is 138 Å². The van der Waals surface area contributed by atoms with Crippen molar-refractivity contribution >= 4 is 34.6 Å². The number of carbonyl (C=O) groups is 3. The molecule has 3 heterocycles. The number of urea groups is 1. The van der Waals surface area contributed by atoms with E-state index in [1.807, 2.05) is 20.8 Å². The zero-order chi connectivity index (χ0) is 17.6. The molecule has 1 fully saturated rings. The predicted molar refractivity (Wildman–Crippen MR) is 87.4 cm³/mol. The van der Waals surface area contributed by atoms with Gasteiger partial charge in [-0.2, -0.15) is 0 Å². The summed E-state index contributed by atoms with van der Waals surface area (Å²) in [7, 11) is 0. The lowest BCUT2D eigenvalue weighted by atomic mass is 9.92. The number of carbonyl (C=O) groups excluding carboxylic acids is 2. The maximum atomic E-state index is 12.1. The molecule has 2 aromatic rings. The van der Waals surface area contributed by atoms with Crippen LogP contribution in [0.25, 0.3) is 10.9 Å². The molecular weight excluding hydrogens is 312 g/mol. The van der Waals surface area contributed by atoms with Gasteiger partial charge >= 0.3 is 12.1 Å². The summed E-state index contributed by atoms with van der Waals surface area (Å²) in [5.41, 5.74) is 1.10. The minimum Gasteiger partial charge on any atom is -0.464 e. The summed E-state index contributed by atoms with van der Waals surface area (Å²) in [4.78, 5) is 40.7. The van der Waals surface area contributed by atoms with Gasteiger partial charge in [-0.3, -0.25) is 20.0 Å². The van der Waals surface area contributed by atoms with Gasteiger partial charge in [-0.1, -0.05) is 20.8 Å². The summed E-state index contributed by atoms with van der Waals surface area (Å²) in [6.45, 7) is 5.98. The lowest BCUT2D eigenvalue weighted by Crippen LogP contribution is -2.49. The summed E-state index contributed by atoms with van der Waals surface area (Å²) in [6.07, 6.45) is 2.06.